The predicted molar refractivity (Wildman–Crippen MR) is 92.8 cm³/mol. The van der Waals surface area contributed by atoms with Gasteiger partial charge in [-0.2, -0.15) is 5.10 Å². The van der Waals surface area contributed by atoms with Crippen LogP contribution in [-0.4, -0.2) is 17.8 Å². The Bertz CT molecular complexity index is 648. The molecule has 0 radical (unpaired) electrons. The molecular formula is C17H21N3OS. The number of thiazole rings is 1. The fraction of sp³-hybridized carbons (Fsp3) is 0.412. The molecule has 1 N–H and O–H groups in total. The average molecular weight is 315 g/mol. The fourth-order valence-electron chi connectivity index (χ4n) is 2.71. The van der Waals surface area contributed by atoms with Crippen LogP contribution in [0.2, 0.25) is 0 Å². The second-order valence-electron chi connectivity index (χ2n) is 5.76. The summed E-state index contributed by atoms with van der Waals surface area (Å²) in [6.45, 7) is 2.29. The van der Waals surface area contributed by atoms with Gasteiger partial charge in [0.15, 0.2) is 0 Å². The first-order valence-electron chi connectivity index (χ1n) is 7.66. The van der Waals surface area contributed by atoms with Crippen LogP contribution in [-0.2, 0) is 0 Å². The van der Waals surface area contributed by atoms with E-state index in [1.807, 2.05) is 29.6 Å². The first-order chi connectivity index (χ1) is 10.7. The molecule has 1 aromatic carbocycles. The second-order valence-corrected chi connectivity index (χ2v) is 6.62. The summed E-state index contributed by atoms with van der Waals surface area (Å²) in [7, 11) is 1.67. The van der Waals surface area contributed by atoms with Gasteiger partial charge in [-0.1, -0.05) is 6.92 Å². The second kappa shape index (κ2) is 6.92. The van der Waals surface area contributed by atoms with E-state index in [1.165, 1.54) is 18.6 Å². The Morgan fingerprint density at radius 3 is 2.86 bits per heavy atom. The highest BCUT2D eigenvalue weighted by molar-refractivity contribution is 7.14. The first kappa shape index (κ1) is 15.0. The van der Waals surface area contributed by atoms with Gasteiger partial charge in [0.2, 0.25) is 5.13 Å². The molecule has 1 atom stereocenters. The van der Waals surface area contributed by atoms with Gasteiger partial charge < -0.3 is 4.74 Å². The van der Waals surface area contributed by atoms with Crippen LogP contribution in [0.25, 0.3) is 11.3 Å². The van der Waals surface area contributed by atoms with E-state index in [2.05, 4.69) is 22.4 Å². The van der Waals surface area contributed by atoms with E-state index in [-0.39, 0.29) is 0 Å². The van der Waals surface area contributed by atoms with E-state index < -0.39 is 0 Å². The lowest BCUT2D eigenvalue weighted by Gasteiger charge is -2.18. The molecule has 3 rings (SSSR count). The highest BCUT2D eigenvalue weighted by Gasteiger charge is 2.14. The van der Waals surface area contributed by atoms with Gasteiger partial charge >= 0.3 is 0 Å². The maximum Gasteiger partial charge on any atom is 0.203 e. The van der Waals surface area contributed by atoms with Crippen molar-refractivity contribution in [3.8, 4) is 17.0 Å². The fourth-order valence-corrected chi connectivity index (χ4v) is 3.37. The van der Waals surface area contributed by atoms with E-state index in [9.17, 15) is 0 Å². The molecule has 1 aromatic heterocycles. The van der Waals surface area contributed by atoms with Gasteiger partial charge in [-0.25, -0.2) is 4.98 Å². The minimum absolute atomic E-state index is 0.750. The first-order valence-corrected chi connectivity index (χ1v) is 8.54. The quantitative estimate of drug-likeness (QED) is 0.825. The number of hydrogen-bond acceptors (Lipinski definition) is 5. The van der Waals surface area contributed by atoms with E-state index >= 15 is 0 Å². The lowest BCUT2D eigenvalue weighted by Crippen LogP contribution is -2.13. The van der Waals surface area contributed by atoms with Gasteiger partial charge in [0.25, 0.3) is 0 Å². The number of nitrogens with one attached hydrogen (secondary N) is 1. The molecule has 22 heavy (non-hydrogen) atoms. The van der Waals surface area contributed by atoms with Crippen LogP contribution in [0.4, 0.5) is 5.13 Å². The van der Waals surface area contributed by atoms with Crippen molar-refractivity contribution in [3.63, 3.8) is 0 Å². The molecule has 1 fully saturated rings. The summed E-state index contributed by atoms with van der Waals surface area (Å²) in [5.41, 5.74) is 6.43. The van der Waals surface area contributed by atoms with Crippen LogP contribution in [0.15, 0.2) is 34.7 Å². The lowest BCUT2D eigenvalue weighted by atomic mass is 9.89. The molecule has 1 aliphatic rings. The monoisotopic (exact) mass is 315 g/mol. The average Bonchev–Trinajstić information content (AvgIpc) is 3.02. The Hall–Kier alpha value is -1.88. The molecule has 0 bridgehead atoms. The van der Waals surface area contributed by atoms with E-state index in [0.717, 1.165) is 40.9 Å². The lowest BCUT2D eigenvalue weighted by molar-refractivity contribution is 0.415. The smallest absolute Gasteiger partial charge is 0.203 e. The van der Waals surface area contributed by atoms with E-state index in [4.69, 9.17) is 4.74 Å². The maximum atomic E-state index is 5.18. The van der Waals surface area contributed by atoms with Gasteiger partial charge in [-0.05, 0) is 55.9 Å². The Morgan fingerprint density at radius 2 is 2.14 bits per heavy atom. The highest BCUT2D eigenvalue weighted by Crippen LogP contribution is 2.27. The number of rotatable bonds is 4. The van der Waals surface area contributed by atoms with Crippen molar-refractivity contribution in [2.75, 3.05) is 12.5 Å². The van der Waals surface area contributed by atoms with Crippen molar-refractivity contribution in [3.05, 3.63) is 29.6 Å². The van der Waals surface area contributed by atoms with Gasteiger partial charge in [0, 0.05) is 16.7 Å². The number of nitrogens with zero attached hydrogens (tertiary/aromatic N) is 2. The minimum Gasteiger partial charge on any atom is -0.497 e. The number of ether oxygens (including phenoxy) is 1. The molecule has 0 spiro atoms. The molecule has 116 valence electrons. The van der Waals surface area contributed by atoms with E-state index in [0.29, 0.717) is 0 Å². The number of methoxy groups -OCH3 is 1. The SMILES string of the molecule is COc1ccc(-c2csc(N/N=C3\CCC[C@@H](C)C3)n2)cc1. The van der Waals surface area contributed by atoms with Crippen LogP contribution >= 0.6 is 11.3 Å². The van der Waals surface area contributed by atoms with Crippen molar-refractivity contribution in [1.82, 2.24) is 4.98 Å². The number of hydrazone groups is 1. The Labute approximate surface area is 135 Å². The molecular weight excluding hydrogens is 294 g/mol. The standard InChI is InChI=1S/C17H21N3OS/c1-12-4-3-5-14(10-12)19-20-17-18-16(11-22-17)13-6-8-15(21-2)9-7-13/h6-9,11-12H,3-5,10H2,1-2H3,(H,18,20)/b19-14+/t12-/m1/s1. The summed E-state index contributed by atoms with van der Waals surface area (Å²) in [5.74, 6) is 1.61. The maximum absolute atomic E-state index is 5.18. The number of aromatic nitrogens is 1. The summed E-state index contributed by atoms with van der Waals surface area (Å²) in [4.78, 5) is 4.60. The molecule has 0 unspecified atom stereocenters. The normalized spacial score (nSPS) is 20.1. The zero-order chi connectivity index (χ0) is 15.4. The molecule has 0 amide bonds. The van der Waals surface area contributed by atoms with Crippen LogP contribution in [0.1, 0.15) is 32.6 Å². The summed E-state index contributed by atoms with van der Waals surface area (Å²) < 4.78 is 5.18. The molecule has 1 saturated carbocycles. The number of anilines is 1. The molecule has 0 saturated heterocycles. The zero-order valence-electron chi connectivity index (χ0n) is 13.0. The van der Waals surface area contributed by atoms with Gasteiger partial charge in [0.1, 0.15) is 5.75 Å². The summed E-state index contributed by atoms with van der Waals surface area (Å²) >= 11 is 1.58. The highest BCUT2D eigenvalue weighted by atomic mass is 32.1. The third kappa shape index (κ3) is 3.65. The van der Waals surface area contributed by atoms with Crippen molar-refractivity contribution in [1.29, 1.82) is 0 Å². The third-order valence-corrected chi connectivity index (χ3v) is 4.69. The van der Waals surface area contributed by atoms with Crippen LogP contribution in [0.3, 0.4) is 0 Å². The van der Waals surface area contributed by atoms with E-state index in [1.54, 1.807) is 18.4 Å². The molecule has 5 heteroatoms. The van der Waals surface area contributed by atoms with Crippen molar-refractivity contribution in [2.45, 2.75) is 32.6 Å². The molecule has 1 heterocycles. The largest absolute Gasteiger partial charge is 0.497 e. The van der Waals surface area contributed by atoms with Gasteiger partial charge in [-0.3, -0.25) is 5.43 Å². The Kier molecular flexibility index (Phi) is 4.73. The van der Waals surface area contributed by atoms with Crippen molar-refractivity contribution >= 4 is 22.2 Å². The van der Waals surface area contributed by atoms with Crippen molar-refractivity contribution < 1.29 is 4.74 Å². The third-order valence-electron chi connectivity index (χ3n) is 3.95. The summed E-state index contributed by atoms with van der Waals surface area (Å²) in [6.07, 6.45) is 4.77. The molecule has 0 aliphatic heterocycles. The van der Waals surface area contributed by atoms with Crippen LogP contribution < -0.4 is 10.2 Å². The predicted octanol–water partition coefficient (Wildman–Crippen LogP) is 4.80. The molecule has 2 aromatic rings. The van der Waals surface area contributed by atoms with Gasteiger partial charge in [-0.15, -0.1) is 11.3 Å². The topological polar surface area (TPSA) is 46.5 Å². The molecule has 1 aliphatic carbocycles. The zero-order valence-corrected chi connectivity index (χ0v) is 13.8. The molecule has 4 nitrogen and oxygen atoms in total. The van der Waals surface area contributed by atoms with Crippen LogP contribution in [0.5, 0.6) is 5.75 Å². The van der Waals surface area contributed by atoms with Gasteiger partial charge in [0.05, 0.1) is 12.8 Å². The summed E-state index contributed by atoms with van der Waals surface area (Å²) in [6, 6.07) is 7.94. The Balaban J connectivity index is 1.66. The Morgan fingerprint density at radius 1 is 1.32 bits per heavy atom. The van der Waals surface area contributed by atoms with Crippen LogP contribution in [0, 0.1) is 5.92 Å². The van der Waals surface area contributed by atoms with Crippen molar-refractivity contribution in [2.24, 2.45) is 11.0 Å². The minimum atomic E-state index is 0.750. The number of hydrogen-bond donors (Lipinski definition) is 1. The summed E-state index contributed by atoms with van der Waals surface area (Å²) in [5, 5.41) is 7.43. The number of benzene rings is 1.